The number of carbonyl (C=O) groups is 1. The predicted molar refractivity (Wildman–Crippen MR) is 62.9 cm³/mol. The monoisotopic (exact) mass is 242 g/mol. The predicted octanol–water partition coefficient (Wildman–Crippen LogP) is 2.98. The summed E-state index contributed by atoms with van der Waals surface area (Å²) < 4.78 is 10.3. The Morgan fingerprint density at radius 3 is 2.75 bits per heavy atom. The molecule has 0 heterocycles. The van der Waals surface area contributed by atoms with Crippen molar-refractivity contribution in [2.24, 2.45) is 0 Å². The Bertz CT molecular complexity index is 363. The second-order valence-corrected chi connectivity index (χ2v) is 3.77. The number of ether oxygens (including phenoxy) is 2. The molecule has 4 heteroatoms. The third-order valence-corrected chi connectivity index (χ3v) is 2.26. The minimum absolute atomic E-state index is 0.212. The Hall–Kier alpha value is -1.22. The summed E-state index contributed by atoms with van der Waals surface area (Å²) in [6.07, 6.45) is 0.389. The van der Waals surface area contributed by atoms with Gasteiger partial charge in [-0.3, -0.25) is 4.79 Å². The zero-order valence-electron chi connectivity index (χ0n) is 9.46. The van der Waals surface area contributed by atoms with Crippen molar-refractivity contribution in [2.45, 2.75) is 20.3 Å². The van der Waals surface area contributed by atoms with E-state index in [0.29, 0.717) is 18.1 Å². The van der Waals surface area contributed by atoms with Crippen molar-refractivity contribution in [3.8, 4) is 5.75 Å². The molecule has 1 rings (SSSR count). The maximum absolute atomic E-state index is 10.8. The molecule has 1 aromatic carbocycles. The molecule has 0 aliphatic heterocycles. The summed E-state index contributed by atoms with van der Waals surface area (Å²) in [6, 6.07) is 5.40. The van der Waals surface area contributed by atoms with E-state index in [1.807, 2.05) is 13.0 Å². The molecule has 0 aliphatic rings. The molecular weight excluding hydrogens is 228 g/mol. The van der Waals surface area contributed by atoms with Gasteiger partial charge in [0.1, 0.15) is 19.0 Å². The third-order valence-electron chi connectivity index (χ3n) is 2.03. The van der Waals surface area contributed by atoms with Gasteiger partial charge < -0.3 is 9.47 Å². The second-order valence-electron chi connectivity index (χ2n) is 3.33. The van der Waals surface area contributed by atoms with E-state index >= 15 is 0 Å². The van der Waals surface area contributed by atoms with Gasteiger partial charge in [0.2, 0.25) is 0 Å². The summed E-state index contributed by atoms with van der Waals surface area (Å²) in [7, 11) is 0. The van der Waals surface area contributed by atoms with Crippen LogP contribution in [0.4, 0.5) is 0 Å². The van der Waals surface area contributed by atoms with Gasteiger partial charge in [0.25, 0.3) is 0 Å². The molecule has 0 unspecified atom stereocenters. The number of hydrogen-bond donors (Lipinski definition) is 0. The lowest BCUT2D eigenvalue weighted by atomic mass is 10.2. The molecule has 0 amide bonds. The lowest BCUT2D eigenvalue weighted by Gasteiger charge is -2.09. The Morgan fingerprint density at radius 2 is 2.12 bits per heavy atom. The van der Waals surface area contributed by atoms with Crippen LogP contribution in [0.1, 0.15) is 18.9 Å². The first-order valence-electron chi connectivity index (χ1n) is 5.18. The molecular formula is C12H15ClO3. The first-order chi connectivity index (χ1) is 7.63. The van der Waals surface area contributed by atoms with Gasteiger partial charge in [0.05, 0.1) is 0 Å². The first kappa shape index (κ1) is 12.8. The molecule has 0 radical (unpaired) electrons. The fourth-order valence-electron chi connectivity index (χ4n) is 1.18. The number of rotatable bonds is 5. The highest BCUT2D eigenvalue weighted by Gasteiger charge is 2.01. The summed E-state index contributed by atoms with van der Waals surface area (Å²) in [5.41, 5.74) is 0.967. The zero-order chi connectivity index (χ0) is 12.0. The van der Waals surface area contributed by atoms with Crippen LogP contribution in [0.15, 0.2) is 18.2 Å². The van der Waals surface area contributed by atoms with Crippen molar-refractivity contribution < 1.29 is 14.3 Å². The van der Waals surface area contributed by atoms with Crippen molar-refractivity contribution in [3.63, 3.8) is 0 Å². The summed E-state index contributed by atoms with van der Waals surface area (Å²) in [5, 5.41) is 0.683. The van der Waals surface area contributed by atoms with E-state index in [2.05, 4.69) is 0 Å². The van der Waals surface area contributed by atoms with E-state index in [0.717, 1.165) is 11.3 Å². The van der Waals surface area contributed by atoms with E-state index in [1.165, 1.54) is 0 Å². The number of hydrogen-bond acceptors (Lipinski definition) is 3. The maximum atomic E-state index is 10.8. The fourth-order valence-corrected chi connectivity index (χ4v) is 1.41. The first-order valence-corrected chi connectivity index (χ1v) is 5.56. The molecule has 1 aromatic rings. The Balaban J connectivity index is 2.35. The SMILES string of the molecule is CCC(=O)OCCOc1ccc(Cl)cc1C. The number of carbonyl (C=O) groups excluding carboxylic acids is 1. The summed E-state index contributed by atoms with van der Waals surface area (Å²) in [6.45, 7) is 4.30. The van der Waals surface area contributed by atoms with Crippen LogP contribution in [0.25, 0.3) is 0 Å². The van der Waals surface area contributed by atoms with Gasteiger partial charge in [-0.15, -0.1) is 0 Å². The van der Waals surface area contributed by atoms with Crippen molar-refractivity contribution in [1.29, 1.82) is 0 Å². The normalized spacial score (nSPS) is 9.94. The third kappa shape index (κ3) is 4.11. The number of benzene rings is 1. The minimum Gasteiger partial charge on any atom is -0.490 e. The van der Waals surface area contributed by atoms with Crippen LogP contribution < -0.4 is 4.74 Å². The van der Waals surface area contributed by atoms with Gasteiger partial charge in [0.15, 0.2) is 0 Å². The number of esters is 1. The van der Waals surface area contributed by atoms with Gasteiger partial charge in [0, 0.05) is 11.4 Å². The van der Waals surface area contributed by atoms with Crippen LogP contribution in [0.2, 0.25) is 5.02 Å². The van der Waals surface area contributed by atoms with E-state index in [9.17, 15) is 4.79 Å². The lowest BCUT2D eigenvalue weighted by Crippen LogP contribution is -2.11. The van der Waals surface area contributed by atoms with Gasteiger partial charge in [-0.2, -0.15) is 0 Å². The lowest BCUT2D eigenvalue weighted by molar-refractivity contribution is -0.143. The zero-order valence-corrected chi connectivity index (χ0v) is 10.2. The summed E-state index contributed by atoms with van der Waals surface area (Å²) in [4.78, 5) is 10.8. The van der Waals surface area contributed by atoms with Crippen LogP contribution in [-0.4, -0.2) is 19.2 Å². The molecule has 0 atom stereocenters. The molecule has 0 bridgehead atoms. The van der Waals surface area contributed by atoms with Crippen LogP contribution >= 0.6 is 11.6 Å². The van der Waals surface area contributed by atoms with Gasteiger partial charge in [-0.1, -0.05) is 18.5 Å². The van der Waals surface area contributed by atoms with Crippen molar-refractivity contribution in [3.05, 3.63) is 28.8 Å². The Morgan fingerprint density at radius 1 is 1.38 bits per heavy atom. The molecule has 0 aliphatic carbocycles. The van der Waals surface area contributed by atoms with Gasteiger partial charge >= 0.3 is 5.97 Å². The van der Waals surface area contributed by atoms with Crippen molar-refractivity contribution in [1.82, 2.24) is 0 Å². The Kier molecular flexibility index (Phi) is 5.12. The molecule has 0 N–H and O–H groups in total. The minimum atomic E-state index is -0.212. The highest BCUT2D eigenvalue weighted by molar-refractivity contribution is 6.30. The molecule has 0 aromatic heterocycles. The maximum Gasteiger partial charge on any atom is 0.305 e. The molecule has 88 valence electrons. The summed E-state index contributed by atoms with van der Waals surface area (Å²) in [5.74, 6) is 0.549. The Labute approximate surface area is 100 Å². The second kappa shape index (κ2) is 6.38. The average molecular weight is 243 g/mol. The number of aryl methyl sites for hydroxylation is 1. The smallest absolute Gasteiger partial charge is 0.305 e. The topological polar surface area (TPSA) is 35.5 Å². The molecule has 16 heavy (non-hydrogen) atoms. The van der Waals surface area contributed by atoms with Crippen LogP contribution in [-0.2, 0) is 9.53 Å². The molecule has 0 fully saturated rings. The quantitative estimate of drug-likeness (QED) is 0.588. The summed E-state index contributed by atoms with van der Waals surface area (Å²) >= 11 is 5.81. The van der Waals surface area contributed by atoms with E-state index < -0.39 is 0 Å². The van der Waals surface area contributed by atoms with Crippen LogP contribution in [0.3, 0.4) is 0 Å². The molecule has 0 spiro atoms. The fraction of sp³-hybridized carbons (Fsp3) is 0.417. The van der Waals surface area contributed by atoms with Crippen LogP contribution in [0.5, 0.6) is 5.75 Å². The highest BCUT2D eigenvalue weighted by atomic mass is 35.5. The van der Waals surface area contributed by atoms with Gasteiger partial charge in [-0.25, -0.2) is 0 Å². The van der Waals surface area contributed by atoms with Crippen molar-refractivity contribution in [2.75, 3.05) is 13.2 Å². The highest BCUT2D eigenvalue weighted by Crippen LogP contribution is 2.21. The van der Waals surface area contributed by atoms with E-state index in [4.69, 9.17) is 21.1 Å². The van der Waals surface area contributed by atoms with Gasteiger partial charge in [-0.05, 0) is 30.7 Å². The van der Waals surface area contributed by atoms with Crippen molar-refractivity contribution >= 4 is 17.6 Å². The van der Waals surface area contributed by atoms with E-state index in [1.54, 1.807) is 19.1 Å². The average Bonchev–Trinajstić information content (AvgIpc) is 2.26. The van der Waals surface area contributed by atoms with Crippen LogP contribution in [0, 0.1) is 6.92 Å². The molecule has 0 saturated heterocycles. The number of halogens is 1. The molecule has 0 saturated carbocycles. The standard InChI is InChI=1S/C12H15ClO3/c1-3-12(14)16-7-6-15-11-5-4-10(13)8-9(11)2/h4-5,8H,3,6-7H2,1-2H3. The largest absolute Gasteiger partial charge is 0.490 e. The van der Waals surface area contributed by atoms with E-state index in [-0.39, 0.29) is 12.6 Å². The molecule has 3 nitrogen and oxygen atoms in total.